The largest absolute Gasteiger partial charge is 0.481 e. The molecule has 0 spiro atoms. The van der Waals surface area contributed by atoms with Crippen molar-refractivity contribution in [3.63, 3.8) is 0 Å². The fraction of sp³-hybridized carbons (Fsp3) is 0.182. The highest BCUT2D eigenvalue weighted by Crippen LogP contribution is 2.41. The number of hydrogen-bond acceptors (Lipinski definition) is 7. The van der Waals surface area contributed by atoms with Crippen LogP contribution in [-0.4, -0.2) is 54.0 Å². The number of carbonyl (C=O) groups is 1. The van der Waals surface area contributed by atoms with Crippen LogP contribution in [-0.2, 0) is 27.7 Å². The van der Waals surface area contributed by atoms with Gasteiger partial charge in [0.1, 0.15) is 11.0 Å². The average Bonchev–Trinajstić information content (AvgIpc) is 3.49. The second kappa shape index (κ2) is 12.9. The van der Waals surface area contributed by atoms with Crippen molar-refractivity contribution < 1.29 is 23.1 Å². The van der Waals surface area contributed by atoms with Crippen LogP contribution in [0, 0.1) is 0 Å². The van der Waals surface area contributed by atoms with E-state index in [1.54, 1.807) is 55.8 Å². The van der Waals surface area contributed by atoms with Crippen molar-refractivity contribution in [2.24, 2.45) is 0 Å². The molecule has 10 heteroatoms. The molecule has 2 heterocycles. The molecule has 2 aromatic heterocycles. The van der Waals surface area contributed by atoms with Crippen LogP contribution in [0.2, 0.25) is 0 Å². The molecule has 0 fully saturated rings. The number of benzene rings is 3. The lowest BCUT2D eigenvalue weighted by Gasteiger charge is -2.24. The van der Waals surface area contributed by atoms with Crippen molar-refractivity contribution in [1.82, 2.24) is 14.3 Å². The Morgan fingerprint density at radius 2 is 1.56 bits per heavy atom. The first-order valence-electron chi connectivity index (χ1n) is 13.7. The highest BCUT2D eigenvalue weighted by molar-refractivity contribution is 7.89. The fourth-order valence-corrected chi connectivity index (χ4v) is 7.08. The Kier molecular flexibility index (Phi) is 9.00. The first-order valence-corrected chi connectivity index (χ1v) is 15.9. The van der Waals surface area contributed by atoms with Crippen LogP contribution in [0.25, 0.3) is 32.3 Å². The zero-order chi connectivity index (χ0) is 30.6. The Balaban J connectivity index is 1.50. The molecule has 0 amide bonds. The van der Waals surface area contributed by atoms with Gasteiger partial charge in [0.15, 0.2) is 0 Å². The SMILES string of the molecule is CCc1ccc(-c2sc(-c3ccc(OC)nc3)nc2-c2ccc(S(=O)(=O)N(C)[C@@H](Cc3ccccc3)C(=O)O)cc2)cc1. The lowest BCUT2D eigenvalue weighted by Crippen LogP contribution is -2.43. The summed E-state index contributed by atoms with van der Waals surface area (Å²) in [5.74, 6) is -0.708. The molecule has 5 rings (SSSR count). The number of aromatic nitrogens is 2. The second-order valence-electron chi connectivity index (χ2n) is 9.93. The summed E-state index contributed by atoms with van der Waals surface area (Å²) in [6.45, 7) is 2.11. The molecule has 5 aromatic rings. The Labute approximate surface area is 255 Å². The van der Waals surface area contributed by atoms with Gasteiger partial charge in [0.25, 0.3) is 0 Å². The van der Waals surface area contributed by atoms with Gasteiger partial charge in [0.2, 0.25) is 15.9 Å². The van der Waals surface area contributed by atoms with Crippen molar-refractivity contribution >= 4 is 27.3 Å². The quantitative estimate of drug-likeness (QED) is 0.183. The Morgan fingerprint density at radius 1 is 0.907 bits per heavy atom. The summed E-state index contributed by atoms with van der Waals surface area (Å²) in [7, 11) is -1.23. The molecule has 1 N–H and O–H groups in total. The van der Waals surface area contributed by atoms with E-state index in [9.17, 15) is 18.3 Å². The molecular formula is C33H31N3O5S2. The van der Waals surface area contributed by atoms with E-state index < -0.39 is 22.0 Å². The van der Waals surface area contributed by atoms with E-state index in [1.165, 1.54) is 36.1 Å². The van der Waals surface area contributed by atoms with Crippen LogP contribution < -0.4 is 4.74 Å². The Hall–Kier alpha value is -4.38. The van der Waals surface area contributed by atoms with Crippen molar-refractivity contribution in [2.75, 3.05) is 14.2 Å². The minimum atomic E-state index is -4.10. The minimum absolute atomic E-state index is 0.00159. The number of aliphatic carboxylic acids is 1. The van der Waals surface area contributed by atoms with Gasteiger partial charge >= 0.3 is 5.97 Å². The number of likely N-dealkylation sites (N-methyl/N-ethyl adjacent to an activating group) is 1. The molecule has 0 unspecified atom stereocenters. The van der Waals surface area contributed by atoms with E-state index in [-0.39, 0.29) is 11.3 Å². The molecule has 0 saturated carbocycles. The van der Waals surface area contributed by atoms with Gasteiger partial charge in [-0.3, -0.25) is 4.79 Å². The van der Waals surface area contributed by atoms with E-state index in [1.807, 2.05) is 12.1 Å². The lowest BCUT2D eigenvalue weighted by molar-refractivity contribution is -0.141. The summed E-state index contributed by atoms with van der Waals surface area (Å²) in [5.41, 5.74) is 5.24. The topological polar surface area (TPSA) is 110 Å². The van der Waals surface area contributed by atoms with Crippen LogP contribution in [0.3, 0.4) is 0 Å². The molecule has 43 heavy (non-hydrogen) atoms. The van der Waals surface area contributed by atoms with E-state index >= 15 is 0 Å². The van der Waals surface area contributed by atoms with E-state index in [2.05, 4.69) is 36.2 Å². The third kappa shape index (κ3) is 6.51. The number of methoxy groups -OCH3 is 1. The molecule has 0 aliphatic heterocycles. The molecule has 0 saturated heterocycles. The second-order valence-corrected chi connectivity index (χ2v) is 12.9. The molecule has 3 aromatic carbocycles. The smallest absolute Gasteiger partial charge is 0.322 e. The number of ether oxygens (including phenoxy) is 1. The van der Waals surface area contributed by atoms with Gasteiger partial charge in [-0.25, -0.2) is 18.4 Å². The van der Waals surface area contributed by atoms with Crippen LogP contribution in [0.1, 0.15) is 18.1 Å². The predicted octanol–water partition coefficient (Wildman–Crippen LogP) is 6.43. The molecule has 1 atom stereocenters. The molecule has 0 radical (unpaired) electrons. The van der Waals surface area contributed by atoms with Crippen molar-refractivity contribution in [3.8, 4) is 38.1 Å². The minimum Gasteiger partial charge on any atom is -0.481 e. The number of sulfonamides is 1. The van der Waals surface area contributed by atoms with Gasteiger partial charge in [0.05, 0.1) is 22.6 Å². The van der Waals surface area contributed by atoms with Crippen LogP contribution in [0.4, 0.5) is 0 Å². The zero-order valence-electron chi connectivity index (χ0n) is 24.0. The van der Waals surface area contributed by atoms with E-state index in [4.69, 9.17) is 9.72 Å². The van der Waals surface area contributed by atoms with Crippen LogP contribution in [0.5, 0.6) is 5.88 Å². The van der Waals surface area contributed by atoms with Gasteiger partial charge < -0.3 is 9.84 Å². The maximum absolute atomic E-state index is 13.5. The summed E-state index contributed by atoms with van der Waals surface area (Å²) in [4.78, 5) is 22.3. The number of aryl methyl sites for hydroxylation is 1. The summed E-state index contributed by atoms with van der Waals surface area (Å²) in [5, 5.41) is 10.6. The number of hydrogen-bond donors (Lipinski definition) is 1. The third-order valence-electron chi connectivity index (χ3n) is 7.24. The zero-order valence-corrected chi connectivity index (χ0v) is 25.6. The molecule has 220 valence electrons. The number of nitrogens with zero attached hydrogens (tertiary/aromatic N) is 3. The summed E-state index contributed by atoms with van der Waals surface area (Å²) in [6.07, 6.45) is 2.69. The van der Waals surface area contributed by atoms with Crippen molar-refractivity contribution in [2.45, 2.75) is 30.7 Å². The highest BCUT2D eigenvalue weighted by atomic mass is 32.2. The maximum atomic E-state index is 13.5. The Bertz CT molecular complexity index is 1800. The van der Waals surface area contributed by atoms with E-state index in [0.717, 1.165) is 42.9 Å². The van der Waals surface area contributed by atoms with Gasteiger partial charge in [0, 0.05) is 30.4 Å². The van der Waals surface area contributed by atoms with Gasteiger partial charge in [-0.05, 0) is 47.7 Å². The fourth-order valence-electron chi connectivity index (χ4n) is 4.68. The normalized spacial score (nSPS) is 12.3. The first-order chi connectivity index (χ1) is 20.7. The van der Waals surface area contributed by atoms with Crippen LogP contribution >= 0.6 is 11.3 Å². The maximum Gasteiger partial charge on any atom is 0.322 e. The molecule has 0 aliphatic rings. The summed E-state index contributed by atoms with van der Waals surface area (Å²) >= 11 is 1.53. The number of rotatable bonds is 11. The van der Waals surface area contributed by atoms with Crippen molar-refractivity contribution in [1.29, 1.82) is 0 Å². The average molecular weight is 614 g/mol. The monoisotopic (exact) mass is 613 g/mol. The first kappa shape index (κ1) is 30.1. The summed E-state index contributed by atoms with van der Waals surface area (Å²) in [6, 6.07) is 26.1. The van der Waals surface area contributed by atoms with Gasteiger partial charge in [-0.1, -0.05) is 73.7 Å². The molecular weight excluding hydrogens is 583 g/mol. The number of pyridine rings is 1. The third-order valence-corrected chi connectivity index (χ3v) is 10.3. The lowest BCUT2D eigenvalue weighted by atomic mass is 10.0. The van der Waals surface area contributed by atoms with E-state index in [0.29, 0.717) is 11.6 Å². The van der Waals surface area contributed by atoms with Gasteiger partial charge in [-0.2, -0.15) is 4.31 Å². The summed E-state index contributed by atoms with van der Waals surface area (Å²) < 4.78 is 33.2. The number of thiazole rings is 1. The molecule has 0 bridgehead atoms. The number of carboxylic acid groups (broad SMARTS) is 1. The predicted molar refractivity (Wildman–Crippen MR) is 169 cm³/mol. The van der Waals surface area contributed by atoms with Gasteiger partial charge in [-0.15, -0.1) is 11.3 Å². The molecule has 0 aliphatic carbocycles. The highest BCUT2D eigenvalue weighted by Gasteiger charge is 2.33. The standard InChI is InChI=1S/C33H31N3O5S2/c1-4-22-10-12-25(13-11-22)31-30(35-32(42-31)26-16-19-29(41-3)34-21-26)24-14-17-27(18-15-24)43(39,40)36(2)28(33(37)38)20-23-8-6-5-7-9-23/h5-19,21,28H,4,20H2,1-3H3,(H,37,38)/t28-/m0/s1. The van der Waals surface area contributed by atoms with Crippen molar-refractivity contribution in [3.05, 3.63) is 108 Å². The molecule has 8 nitrogen and oxygen atoms in total. The van der Waals surface area contributed by atoms with Crippen LogP contribution in [0.15, 0.2) is 102 Å². The Morgan fingerprint density at radius 3 is 2.14 bits per heavy atom. The number of carboxylic acids is 1.